The third-order valence-electron chi connectivity index (χ3n) is 2.30. The summed E-state index contributed by atoms with van der Waals surface area (Å²) in [7, 11) is 0. The Morgan fingerprint density at radius 2 is 2.00 bits per heavy atom. The van der Waals surface area contributed by atoms with Gasteiger partial charge >= 0.3 is 0 Å². The Labute approximate surface area is 100 Å². The fourth-order valence-electron chi connectivity index (χ4n) is 1.36. The van der Waals surface area contributed by atoms with E-state index in [1.165, 1.54) is 0 Å². The molecule has 0 aliphatic heterocycles. The van der Waals surface area contributed by atoms with E-state index in [0.29, 0.717) is 6.42 Å². The van der Waals surface area contributed by atoms with Crippen molar-refractivity contribution in [3.8, 4) is 5.75 Å². The molecular formula is C12H18N2O3. The molecule has 5 nitrogen and oxygen atoms in total. The zero-order valence-corrected chi connectivity index (χ0v) is 9.76. The molecule has 0 spiro atoms. The van der Waals surface area contributed by atoms with E-state index in [4.69, 9.17) is 15.9 Å². The highest BCUT2D eigenvalue weighted by molar-refractivity contribution is 5.81. The van der Waals surface area contributed by atoms with E-state index in [2.05, 4.69) is 5.32 Å². The molecule has 0 saturated carbocycles. The van der Waals surface area contributed by atoms with Gasteiger partial charge in [-0.2, -0.15) is 0 Å². The first-order chi connectivity index (χ1) is 7.99. The SMILES string of the molecule is CC(O)CNC(=O)C(N)Cc1ccc(O)cc1. The number of aliphatic hydroxyl groups excluding tert-OH is 1. The highest BCUT2D eigenvalue weighted by Gasteiger charge is 2.14. The molecule has 0 aliphatic rings. The second-order valence-corrected chi connectivity index (χ2v) is 4.07. The van der Waals surface area contributed by atoms with Crippen LogP contribution in [0.5, 0.6) is 5.75 Å². The number of aromatic hydroxyl groups is 1. The number of rotatable bonds is 5. The van der Waals surface area contributed by atoms with Crippen molar-refractivity contribution in [1.29, 1.82) is 0 Å². The minimum atomic E-state index is -0.654. The maximum atomic E-state index is 11.5. The maximum absolute atomic E-state index is 11.5. The molecule has 5 heteroatoms. The average Bonchev–Trinajstić information content (AvgIpc) is 2.28. The monoisotopic (exact) mass is 238 g/mol. The fourth-order valence-corrected chi connectivity index (χ4v) is 1.36. The van der Waals surface area contributed by atoms with Crippen LogP contribution in [0.25, 0.3) is 0 Å². The zero-order chi connectivity index (χ0) is 12.8. The van der Waals surface area contributed by atoms with Gasteiger partial charge in [0.25, 0.3) is 0 Å². The zero-order valence-electron chi connectivity index (χ0n) is 9.76. The Bertz CT molecular complexity index is 363. The second-order valence-electron chi connectivity index (χ2n) is 4.07. The summed E-state index contributed by atoms with van der Waals surface area (Å²) in [4.78, 5) is 11.5. The topological polar surface area (TPSA) is 95.6 Å². The van der Waals surface area contributed by atoms with Crippen LogP contribution in [0.4, 0.5) is 0 Å². The highest BCUT2D eigenvalue weighted by Crippen LogP contribution is 2.10. The minimum Gasteiger partial charge on any atom is -0.508 e. The van der Waals surface area contributed by atoms with Crippen molar-refractivity contribution >= 4 is 5.91 Å². The number of nitrogens with two attached hydrogens (primary N) is 1. The molecular weight excluding hydrogens is 220 g/mol. The molecule has 1 amide bonds. The van der Waals surface area contributed by atoms with E-state index < -0.39 is 12.1 Å². The fraction of sp³-hybridized carbons (Fsp3) is 0.417. The number of carbonyl (C=O) groups excluding carboxylic acids is 1. The third-order valence-corrected chi connectivity index (χ3v) is 2.30. The highest BCUT2D eigenvalue weighted by atomic mass is 16.3. The van der Waals surface area contributed by atoms with Crippen molar-refractivity contribution in [2.45, 2.75) is 25.5 Å². The van der Waals surface area contributed by atoms with Gasteiger partial charge in [-0.05, 0) is 31.0 Å². The van der Waals surface area contributed by atoms with E-state index in [-0.39, 0.29) is 18.2 Å². The van der Waals surface area contributed by atoms with Gasteiger partial charge in [-0.1, -0.05) is 12.1 Å². The van der Waals surface area contributed by atoms with Gasteiger partial charge in [0.15, 0.2) is 0 Å². The molecule has 1 aromatic carbocycles. The molecule has 0 saturated heterocycles. The molecule has 0 bridgehead atoms. The number of amides is 1. The maximum Gasteiger partial charge on any atom is 0.237 e. The summed E-state index contributed by atoms with van der Waals surface area (Å²) in [5, 5.41) is 20.7. The number of hydrogen-bond acceptors (Lipinski definition) is 4. The summed E-state index contributed by atoms with van der Waals surface area (Å²) in [6, 6.07) is 5.89. The van der Waals surface area contributed by atoms with Crippen LogP contribution in [0.3, 0.4) is 0 Å². The summed E-state index contributed by atoms with van der Waals surface area (Å²) in [5.74, 6) is -0.111. The quantitative estimate of drug-likeness (QED) is 0.569. The van der Waals surface area contributed by atoms with Gasteiger partial charge < -0.3 is 21.3 Å². The molecule has 5 N–H and O–H groups in total. The largest absolute Gasteiger partial charge is 0.508 e. The van der Waals surface area contributed by atoms with Gasteiger partial charge in [-0.3, -0.25) is 4.79 Å². The predicted octanol–water partition coefficient (Wildman–Crippen LogP) is -0.241. The molecule has 2 atom stereocenters. The molecule has 0 heterocycles. The first kappa shape index (κ1) is 13.5. The van der Waals surface area contributed by atoms with Crippen LogP contribution in [0.2, 0.25) is 0 Å². The number of carbonyl (C=O) groups is 1. The Hall–Kier alpha value is -1.59. The van der Waals surface area contributed by atoms with Crippen LogP contribution in [0.15, 0.2) is 24.3 Å². The van der Waals surface area contributed by atoms with E-state index in [1.807, 2.05) is 0 Å². The minimum absolute atomic E-state index is 0.181. The van der Waals surface area contributed by atoms with E-state index >= 15 is 0 Å². The number of phenolic OH excluding ortho intramolecular Hbond substituents is 1. The lowest BCUT2D eigenvalue weighted by Crippen LogP contribution is -2.44. The Morgan fingerprint density at radius 1 is 1.41 bits per heavy atom. The first-order valence-corrected chi connectivity index (χ1v) is 5.48. The van der Waals surface area contributed by atoms with Crippen LogP contribution >= 0.6 is 0 Å². The van der Waals surface area contributed by atoms with Crippen LogP contribution in [-0.2, 0) is 11.2 Å². The lowest BCUT2D eigenvalue weighted by molar-refractivity contribution is -0.122. The normalized spacial score (nSPS) is 14.1. The average molecular weight is 238 g/mol. The number of nitrogens with one attached hydrogen (secondary N) is 1. The van der Waals surface area contributed by atoms with E-state index in [1.54, 1.807) is 31.2 Å². The van der Waals surface area contributed by atoms with Crippen LogP contribution in [0.1, 0.15) is 12.5 Å². The van der Waals surface area contributed by atoms with Gasteiger partial charge in [0.05, 0.1) is 12.1 Å². The molecule has 0 aromatic heterocycles. The van der Waals surface area contributed by atoms with Gasteiger partial charge in [0.1, 0.15) is 5.75 Å². The van der Waals surface area contributed by atoms with Crippen LogP contribution in [-0.4, -0.2) is 34.8 Å². The van der Waals surface area contributed by atoms with Crippen molar-refractivity contribution in [2.75, 3.05) is 6.54 Å². The smallest absolute Gasteiger partial charge is 0.237 e. The molecule has 0 aliphatic carbocycles. The molecule has 94 valence electrons. The standard InChI is InChI=1S/C12H18N2O3/c1-8(15)7-14-12(17)11(13)6-9-2-4-10(16)5-3-9/h2-5,8,11,15-16H,6-7,13H2,1H3,(H,14,17). The summed E-state index contributed by atoms with van der Waals surface area (Å²) >= 11 is 0. The number of phenols is 1. The molecule has 17 heavy (non-hydrogen) atoms. The Morgan fingerprint density at radius 3 is 2.53 bits per heavy atom. The Balaban J connectivity index is 2.45. The van der Waals surface area contributed by atoms with Gasteiger partial charge in [0.2, 0.25) is 5.91 Å². The van der Waals surface area contributed by atoms with Crippen LogP contribution < -0.4 is 11.1 Å². The van der Waals surface area contributed by atoms with E-state index in [9.17, 15) is 4.79 Å². The lowest BCUT2D eigenvalue weighted by Gasteiger charge is -2.13. The first-order valence-electron chi connectivity index (χ1n) is 5.48. The molecule has 0 fully saturated rings. The van der Waals surface area contributed by atoms with Gasteiger partial charge in [-0.25, -0.2) is 0 Å². The number of aliphatic hydroxyl groups is 1. The van der Waals surface area contributed by atoms with Crippen molar-refractivity contribution < 1.29 is 15.0 Å². The van der Waals surface area contributed by atoms with Crippen molar-refractivity contribution in [1.82, 2.24) is 5.32 Å². The summed E-state index contributed by atoms with van der Waals surface area (Å²) in [6.07, 6.45) is -0.189. The predicted molar refractivity (Wildman–Crippen MR) is 64.5 cm³/mol. The summed E-state index contributed by atoms with van der Waals surface area (Å²) < 4.78 is 0. The third kappa shape index (κ3) is 4.84. The summed E-state index contributed by atoms with van der Waals surface area (Å²) in [5.41, 5.74) is 6.59. The van der Waals surface area contributed by atoms with Crippen LogP contribution in [0, 0.1) is 0 Å². The number of hydrogen-bond donors (Lipinski definition) is 4. The summed E-state index contributed by atoms with van der Waals surface area (Å²) in [6.45, 7) is 1.79. The van der Waals surface area contributed by atoms with Crippen molar-refractivity contribution in [3.05, 3.63) is 29.8 Å². The van der Waals surface area contributed by atoms with Crippen molar-refractivity contribution in [3.63, 3.8) is 0 Å². The van der Waals surface area contributed by atoms with E-state index in [0.717, 1.165) is 5.56 Å². The molecule has 2 unspecified atom stereocenters. The lowest BCUT2D eigenvalue weighted by atomic mass is 10.1. The van der Waals surface area contributed by atoms with Crippen molar-refractivity contribution in [2.24, 2.45) is 5.73 Å². The van der Waals surface area contributed by atoms with Gasteiger partial charge in [-0.15, -0.1) is 0 Å². The molecule has 1 rings (SSSR count). The number of benzene rings is 1. The molecule has 0 radical (unpaired) electrons. The van der Waals surface area contributed by atoms with Gasteiger partial charge in [0, 0.05) is 6.54 Å². The molecule has 1 aromatic rings. The Kier molecular flexibility index (Phi) is 4.93. The second kappa shape index (κ2) is 6.22.